The van der Waals surface area contributed by atoms with Crippen molar-refractivity contribution in [2.24, 2.45) is 0 Å². The van der Waals surface area contributed by atoms with Crippen molar-refractivity contribution in [3.05, 3.63) is 101 Å². The molecule has 5 N–H and O–H groups in total. The average molecular weight is 637 g/mol. The van der Waals surface area contributed by atoms with Crippen molar-refractivity contribution >= 4 is 29.5 Å². The van der Waals surface area contributed by atoms with Gasteiger partial charge in [-0.2, -0.15) is 0 Å². The maximum atomic E-state index is 12.3. The first-order valence-corrected chi connectivity index (χ1v) is 16.1. The molecular formula is C34H40N2O8S. The lowest BCUT2D eigenvalue weighted by molar-refractivity contribution is -0.245. The molecule has 0 unspecified atom stereocenters. The molecule has 1 aliphatic rings. The molecule has 1 saturated heterocycles. The fourth-order valence-electron chi connectivity index (χ4n) is 4.97. The highest BCUT2D eigenvalue weighted by atomic mass is 32.2. The zero-order valence-electron chi connectivity index (χ0n) is 25.0. The van der Waals surface area contributed by atoms with Crippen molar-refractivity contribution in [1.82, 2.24) is 10.8 Å². The summed E-state index contributed by atoms with van der Waals surface area (Å²) in [5.41, 5.74) is 5.49. The Hall–Kier alpha value is -3.74. The molecular weight excluding hydrogens is 596 g/mol. The number of hydrogen-bond acceptors (Lipinski definition) is 8. The van der Waals surface area contributed by atoms with E-state index >= 15 is 0 Å². The number of amides is 2. The molecule has 4 rings (SSSR count). The number of rotatable bonds is 16. The van der Waals surface area contributed by atoms with Crippen LogP contribution in [-0.2, 0) is 32.2 Å². The summed E-state index contributed by atoms with van der Waals surface area (Å²) in [5, 5.41) is 30.1. The first kappa shape index (κ1) is 34.1. The highest BCUT2D eigenvalue weighted by molar-refractivity contribution is 7.99. The summed E-state index contributed by atoms with van der Waals surface area (Å²) in [6, 6.07) is 22.3. The summed E-state index contributed by atoms with van der Waals surface area (Å²) < 4.78 is 12.8. The Morgan fingerprint density at radius 1 is 0.778 bits per heavy atom. The lowest BCUT2D eigenvalue weighted by Crippen LogP contribution is -2.31. The van der Waals surface area contributed by atoms with E-state index < -0.39 is 18.2 Å². The number of aromatic carboxylic acids is 1. The van der Waals surface area contributed by atoms with Crippen LogP contribution >= 0.6 is 11.8 Å². The van der Waals surface area contributed by atoms with Gasteiger partial charge in [-0.15, -0.1) is 11.8 Å². The van der Waals surface area contributed by atoms with Crippen molar-refractivity contribution in [2.75, 3.05) is 5.75 Å². The van der Waals surface area contributed by atoms with Crippen molar-refractivity contribution in [1.29, 1.82) is 0 Å². The fraction of sp³-hybridized carbons (Fsp3) is 0.382. The molecule has 0 radical (unpaired) electrons. The number of aliphatic hydroxyl groups is 1. The third-order valence-corrected chi connectivity index (χ3v) is 8.72. The van der Waals surface area contributed by atoms with Gasteiger partial charge in [-0.05, 0) is 53.8 Å². The van der Waals surface area contributed by atoms with Crippen LogP contribution in [0.3, 0.4) is 0 Å². The minimum Gasteiger partial charge on any atom is -0.478 e. The number of carboxylic acids is 1. The number of hydroxylamine groups is 1. The maximum Gasteiger partial charge on any atom is 0.335 e. The number of benzene rings is 3. The molecule has 11 heteroatoms. The SMILES string of the molecule is O=C(CCCCCCC(=O)NCc1ccc([C@H]2O[C@@H](CSc3ccc(C(=O)O)cc3)C[C@@H](c3ccc(CO)cc3)O2)cc1)NO. The summed E-state index contributed by atoms with van der Waals surface area (Å²) in [5.74, 6) is -0.727. The van der Waals surface area contributed by atoms with Crippen molar-refractivity contribution in [3.8, 4) is 0 Å². The summed E-state index contributed by atoms with van der Waals surface area (Å²) >= 11 is 1.60. The van der Waals surface area contributed by atoms with E-state index in [-0.39, 0.29) is 36.7 Å². The van der Waals surface area contributed by atoms with E-state index in [2.05, 4.69) is 5.32 Å². The van der Waals surface area contributed by atoms with Gasteiger partial charge in [-0.1, -0.05) is 61.4 Å². The van der Waals surface area contributed by atoms with Gasteiger partial charge >= 0.3 is 5.97 Å². The van der Waals surface area contributed by atoms with Crippen LogP contribution in [0.5, 0.6) is 0 Å². The van der Waals surface area contributed by atoms with Crippen LogP contribution in [0, 0.1) is 0 Å². The second-order valence-corrected chi connectivity index (χ2v) is 12.1. The normalized spacial score (nSPS) is 17.9. The number of carboxylic acid groups (broad SMARTS) is 1. The number of ether oxygens (including phenoxy) is 2. The number of aliphatic hydroxyl groups excluding tert-OH is 1. The first-order valence-electron chi connectivity index (χ1n) is 15.1. The molecule has 0 spiro atoms. The van der Waals surface area contributed by atoms with Crippen LogP contribution < -0.4 is 10.8 Å². The van der Waals surface area contributed by atoms with E-state index in [1.54, 1.807) is 41.5 Å². The van der Waals surface area contributed by atoms with E-state index in [9.17, 15) is 24.6 Å². The Morgan fingerprint density at radius 3 is 2.02 bits per heavy atom. The van der Waals surface area contributed by atoms with Crippen molar-refractivity contribution < 1.29 is 39.3 Å². The molecule has 0 aliphatic carbocycles. The van der Waals surface area contributed by atoms with Gasteiger partial charge in [-0.3, -0.25) is 14.8 Å². The van der Waals surface area contributed by atoms with E-state index in [0.29, 0.717) is 31.6 Å². The predicted molar refractivity (Wildman–Crippen MR) is 168 cm³/mol. The Balaban J connectivity index is 1.32. The van der Waals surface area contributed by atoms with E-state index in [1.165, 1.54) is 0 Å². The van der Waals surface area contributed by atoms with Crippen LogP contribution in [0.15, 0.2) is 77.7 Å². The molecule has 3 aromatic rings. The summed E-state index contributed by atoms with van der Waals surface area (Å²) in [6.45, 7) is 0.375. The zero-order chi connectivity index (χ0) is 32.0. The van der Waals surface area contributed by atoms with Crippen molar-refractivity contribution in [2.45, 2.75) is 81.5 Å². The molecule has 1 aliphatic heterocycles. The Bertz CT molecular complexity index is 1380. The largest absolute Gasteiger partial charge is 0.478 e. The second-order valence-electron chi connectivity index (χ2n) is 11.0. The van der Waals surface area contributed by atoms with Gasteiger partial charge in [0.15, 0.2) is 6.29 Å². The Labute approximate surface area is 267 Å². The van der Waals surface area contributed by atoms with Gasteiger partial charge in [0, 0.05) is 42.0 Å². The van der Waals surface area contributed by atoms with E-state index in [0.717, 1.165) is 46.4 Å². The van der Waals surface area contributed by atoms with Crippen LogP contribution in [0.1, 0.15) is 90.0 Å². The first-order chi connectivity index (χ1) is 21.8. The Kier molecular flexibility index (Phi) is 13.4. The number of unbranched alkanes of at least 4 members (excludes halogenated alkanes) is 3. The lowest BCUT2D eigenvalue weighted by Gasteiger charge is -2.36. The average Bonchev–Trinajstić information content (AvgIpc) is 3.08. The zero-order valence-corrected chi connectivity index (χ0v) is 25.8. The molecule has 3 aromatic carbocycles. The molecule has 0 aromatic heterocycles. The topological polar surface area (TPSA) is 154 Å². The highest BCUT2D eigenvalue weighted by Crippen LogP contribution is 2.39. The molecule has 1 fully saturated rings. The minimum absolute atomic E-state index is 0.0286. The molecule has 45 heavy (non-hydrogen) atoms. The number of carbonyl (C=O) groups excluding carboxylic acids is 2. The summed E-state index contributed by atoms with van der Waals surface area (Å²) in [7, 11) is 0. The molecule has 10 nitrogen and oxygen atoms in total. The molecule has 0 bridgehead atoms. The predicted octanol–water partition coefficient (Wildman–Crippen LogP) is 5.68. The molecule has 0 saturated carbocycles. The molecule has 1 heterocycles. The van der Waals surface area contributed by atoms with Crippen molar-refractivity contribution in [3.63, 3.8) is 0 Å². The summed E-state index contributed by atoms with van der Waals surface area (Å²) in [6.07, 6.45) is 3.43. The smallest absolute Gasteiger partial charge is 0.335 e. The van der Waals surface area contributed by atoms with Gasteiger partial charge in [-0.25, -0.2) is 10.3 Å². The van der Waals surface area contributed by atoms with Crippen LogP contribution in [-0.4, -0.2) is 45.1 Å². The molecule has 240 valence electrons. The van der Waals surface area contributed by atoms with Crippen LogP contribution in [0.25, 0.3) is 0 Å². The van der Waals surface area contributed by atoms with Gasteiger partial charge in [0.25, 0.3) is 0 Å². The fourth-order valence-corrected chi connectivity index (χ4v) is 5.89. The molecule has 3 atom stereocenters. The Morgan fingerprint density at radius 2 is 1.40 bits per heavy atom. The third kappa shape index (κ3) is 11.0. The van der Waals surface area contributed by atoms with Gasteiger partial charge in [0.05, 0.1) is 24.4 Å². The number of carbonyl (C=O) groups is 3. The van der Waals surface area contributed by atoms with Gasteiger partial charge < -0.3 is 25.0 Å². The van der Waals surface area contributed by atoms with Gasteiger partial charge in [0.1, 0.15) is 0 Å². The number of thioether (sulfide) groups is 1. The second kappa shape index (κ2) is 17.7. The monoisotopic (exact) mass is 636 g/mol. The standard InChI is InChI=1S/C34H40N2O8S/c37-21-24-9-11-25(12-10-24)30-19-28(22-45-29-17-15-26(16-18-29)33(40)41)43-34(44-30)27-13-7-23(8-14-27)20-35-31(38)5-3-1-2-4-6-32(39)36-42/h7-18,28,30,34,37,42H,1-6,19-22H2,(H,35,38)(H,36,39)(H,40,41)/t28-,30+,34+/m1/s1. The number of hydrogen-bond donors (Lipinski definition) is 5. The lowest BCUT2D eigenvalue weighted by atomic mass is 10.0. The minimum atomic E-state index is -0.957. The quantitative estimate of drug-likeness (QED) is 0.0578. The molecule has 2 amide bonds. The van der Waals surface area contributed by atoms with E-state index in [4.69, 9.17) is 14.7 Å². The van der Waals surface area contributed by atoms with Crippen LogP contribution in [0.4, 0.5) is 0 Å². The van der Waals surface area contributed by atoms with E-state index in [1.807, 2.05) is 48.5 Å². The highest BCUT2D eigenvalue weighted by Gasteiger charge is 2.32. The van der Waals surface area contributed by atoms with Gasteiger partial charge in [0.2, 0.25) is 11.8 Å². The van der Waals surface area contributed by atoms with Crippen LogP contribution in [0.2, 0.25) is 0 Å². The maximum absolute atomic E-state index is 12.3. The summed E-state index contributed by atoms with van der Waals surface area (Å²) in [4.78, 5) is 35.5. The number of nitrogens with one attached hydrogen (secondary N) is 2. The third-order valence-electron chi connectivity index (χ3n) is 7.58.